The van der Waals surface area contributed by atoms with Crippen LogP contribution < -0.4 is 0 Å². The SMILES string of the molecule is O=C(c1ccc2n[nH]nc2c1)N1CCO[C@H]2C[C@H](CO)C[C@@H]21. The second-order valence-corrected chi connectivity index (χ2v) is 6.02. The molecule has 2 N–H and O–H groups in total. The number of nitrogens with one attached hydrogen (secondary N) is 1. The van der Waals surface area contributed by atoms with Crippen molar-refractivity contribution >= 4 is 16.9 Å². The number of H-pyrrole nitrogens is 1. The zero-order valence-electron chi connectivity index (χ0n) is 12.1. The second-order valence-electron chi connectivity index (χ2n) is 6.02. The number of nitrogens with zero attached hydrogens (tertiary/aromatic N) is 3. The van der Waals surface area contributed by atoms with E-state index in [1.807, 2.05) is 4.90 Å². The largest absolute Gasteiger partial charge is 0.396 e. The lowest BCUT2D eigenvalue weighted by Crippen LogP contribution is -2.51. The molecule has 4 rings (SSSR count). The molecule has 1 amide bonds. The van der Waals surface area contributed by atoms with Crippen LogP contribution in [0.1, 0.15) is 23.2 Å². The summed E-state index contributed by atoms with van der Waals surface area (Å²) in [4.78, 5) is 14.7. The molecule has 3 atom stereocenters. The molecule has 1 saturated carbocycles. The summed E-state index contributed by atoms with van der Waals surface area (Å²) in [6.45, 7) is 1.30. The molecular formula is C15H18N4O3. The highest BCUT2D eigenvalue weighted by Gasteiger charge is 2.42. The van der Waals surface area contributed by atoms with Gasteiger partial charge in [-0.05, 0) is 37.0 Å². The number of aromatic amines is 1. The smallest absolute Gasteiger partial charge is 0.254 e. The fourth-order valence-corrected chi connectivity index (χ4v) is 3.59. The first-order valence-electron chi connectivity index (χ1n) is 7.60. The van der Waals surface area contributed by atoms with E-state index in [1.165, 1.54) is 0 Å². The van der Waals surface area contributed by atoms with E-state index in [0.717, 1.165) is 18.4 Å². The second kappa shape index (κ2) is 5.33. The molecule has 1 aromatic carbocycles. The van der Waals surface area contributed by atoms with E-state index in [0.29, 0.717) is 24.2 Å². The molecule has 0 unspecified atom stereocenters. The van der Waals surface area contributed by atoms with Crippen LogP contribution in [0.3, 0.4) is 0 Å². The molecule has 0 bridgehead atoms. The Kier molecular flexibility index (Phi) is 3.31. The number of carbonyl (C=O) groups is 1. The average molecular weight is 302 g/mol. The first kappa shape index (κ1) is 13.7. The molecule has 1 aromatic heterocycles. The van der Waals surface area contributed by atoms with Crippen molar-refractivity contribution in [3.8, 4) is 0 Å². The first-order chi connectivity index (χ1) is 10.8. The Bertz CT molecular complexity index is 701. The van der Waals surface area contributed by atoms with Gasteiger partial charge in [-0.25, -0.2) is 0 Å². The van der Waals surface area contributed by atoms with Crippen molar-refractivity contribution in [1.29, 1.82) is 0 Å². The number of aromatic nitrogens is 3. The maximum Gasteiger partial charge on any atom is 0.254 e. The molecular weight excluding hydrogens is 284 g/mol. The van der Waals surface area contributed by atoms with Crippen LogP contribution in [-0.4, -0.2) is 63.2 Å². The number of fused-ring (bicyclic) bond motifs is 2. The highest BCUT2D eigenvalue weighted by atomic mass is 16.5. The number of carbonyl (C=O) groups excluding carboxylic acids is 1. The summed E-state index contributed by atoms with van der Waals surface area (Å²) >= 11 is 0. The first-order valence-corrected chi connectivity index (χ1v) is 7.60. The van der Waals surface area contributed by atoms with Gasteiger partial charge in [-0.3, -0.25) is 4.79 Å². The predicted octanol–water partition coefficient (Wildman–Crippen LogP) is 0.570. The standard InChI is InChI=1S/C15H18N4O3/c20-8-9-5-13-14(6-9)22-4-3-19(13)15(21)10-1-2-11-12(7-10)17-18-16-11/h1-2,7,9,13-14,20H,3-6,8H2,(H,16,17,18)/t9-,13+,14+/m1/s1. The zero-order valence-corrected chi connectivity index (χ0v) is 12.1. The quantitative estimate of drug-likeness (QED) is 0.846. The summed E-state index contributed by atoms with van der Waals surface area (Å²) < 4.78 is 5.78. The Hall–Kier alpha value is -1.99. The van der Waals surface area contributed by atoms with Crippen LogP contribution in [0, 0.1) is 5.92 Å². The number of hydrogen-bond donors (Lipinski definition) is 2. The van der Waals surface area contributed by atoms with Gasteiger partial charge in [0.25, 0.3) is 5.91 Å². The van der Waals surface area contributed by atoms with Crippen LogP contribution >= 0.6 is 0 Å². The summed E-state index contributed by atoms with van der Waals surface area (Å²) in [6, 6.07) is 5.42. The van der Waals surface area contributed by atoms with Crippen LogP contribution in [-0.2, 0) is 4.74 Å². The lowest BCUT2D eigenvalue weighted by Gasteiger charge is -2.37. The minimum atomic E-state index is 0.00166. The maximum absolute atomic E-state index is 12.9. The zero-order chi connectivity index (χ0) is 15.1. The van der Waals surface area contributed by atoms with Crippen molar-refractivity contribution in [1.82, 2.24) is 20.3 Å². The summed E-state index contributed by atoms with van der Waals surface area (Å²) in [5.41, 5.74) is 2.06. The van der Waals surface area contributed by atoms with Gasteiger partial charge in [-0.15, -0.1) is 0 Å². The highest BCUT2D eigenvalue weighted by Crippen LogP contribution is 2.34. The number of ether oxygens (including phenoxy) is 1. The minimum absolute atomic E-state index is 0.00166. The fraction of sp³-hybridized carbons (Fsp3) is 0.533. The Labute approximate surface area is 127 Å². The monoisotopic (exact) mass is 302 g/mol. The van der Waals surface area contributed by atoms with E-state index in [2.05, 4.69) is 15.4 Å². The van der Waals surface area contributed by atoms with Crippen LogP contribution in [0.15, 0.2) is 18.2 Å². The van der Waals surface area contributed by atoms with Crippen molar-refractivity contribution in [2.75, 3.05) is 19.8 Å². The third-order valence-corrected chi connectivity index (χ3v) is 4.72. The predicted molar refractivity (Wildman–Crippen MR) is 78.3 cm³/mol. The van der Waals surface area contributed by atoms with Gasteiger partial charge in [0.2, 0.25) is 0 Å². The van der Waals surface area contributed by atoms with Gasteiger partial charge in [0, 0.05) is 18.7 Å². The number of benzene rings is 1. The van der Waals surface area contributed by atoms with Crippen molar-refractivity contribution in [2.45, 2.75) is 25.0 Å². The number of aliphatic hydroxyl groups is 1. The van der Waals surface area contributed by atoms with E-state index in [1.54, 1.807) is 18.2 Å². The van der Waals surface area contributed by atoms with Crippen molar-refractivity contribution < 1.29 is 14.6 Å². The molecule has 1 aliphatic carbocycles. The Morgan fingerprint density at radius 2 is 2.23 bits per heavy atom. The van der Waals surface area contributed by atoms with Gasteiger partial charge in [-0.1, -0.05) is 0 Å². The van der Waals surface area contributed by atoms with Crippen molar-refractivity contribution in [3.05, 3.63) is 23.8 Å². The fourth-order valence-electron chi connectivity index (χ4n) is 3.59. The molecule has 2 fully saturated rings. The molecule has 116 valence electrons. The van der Waals surface area contributed by atoms with Crippen molar-refractivity contribution in [3.63, 3.8) is 0 Å². The number of morpholine rings is 1. The lowest BCUT2D eigenvalue weighted by molar-refractivity contribution is -0.0448. The molecule has 2 aliphatic rings. The van der Waals surface area contributed by atoms with Gasteiger partial charge in [-0.2, -0.15) is 15.4 Å². The lowest BCUT2D eigenvalue weighted by atomic mass is 10.1. The maximum atomic E-state index is 12.9. The van der Waals surface area contributed by atoms with E-state index in [4.69, 9.17) is 4.74 Å². The molecule has 0 spiro atoms. The minimum Gasteiger partial charge on any atom is -0.396 e. The van der Waals surface area contributed by atoms with Gasteiger partial charge < -0.3 is 14.7 Å². The van der Waals surface area contributed by atoms with Crippen LogP contribution in [0.5, 0.6) is 0 Å². The Morgan fingerprint density at radius 3 is 3.09 bits per heavy atom. The molecule has 2 aromatic rings. The average Bonchev–Trinajstić information content (AvgIpc) is 3.18. The van der Waals surface area contributed by atoms with E-state index < -0.39 is 0 Å². The Balaban J connectivity index is 1.60. The van der Waals surface area contributed by atoms with Crippen molar-refractivity contribution in [2.24, 2.45) is 5.92 Å². The molecule has 2 heterocycles. The molecule has 7 nitrogen and oxygen atoms in total. The summed E-state index contributed by atoms with van der Waals surface area (Å²) in [5.74, 6) is 0.225. The number of rotatable bonds is 2. The number of hydrogen-bond acceptors (Lipinski definition) is 5. The number of aliphatic hydroxyl groups excluding tert-OH is 1. The third-order valence-electron chi connectivity index (χ3n) is 4.72. The molecule has 1 saturated heterocycles. The van der Waals surface area contributed by atoms with Crippen LogP contribution in [0.25, 0.3) is 11.0 Å². The highest BCUT2D eigenvalue weighted by molar-refractivity contribution is 5.97. The third kappa shape index (κ3) is 2.17. The van der Waals surface area contributed by atoms with Crippen LogP contribution in [0.4, 0.5) is 0 Å². The van der Waals surface area contributed by atoms with Gasteiger partial charge in [0.15, 0.2) is 0 Å². The summed E-state index contributed by atoms with van der Waals surface area (Å²) in [5, 5.41) is 20.0. The summed E-state index contributed by atoms with van der Waals surface area (Å²) in [6.07, 6.45) is 1.68. The van der Waals surface area contributed by atoms with Crippen LogP contribution in [0.2, 0.25) is 0 Å². The topological polar surface area (TPSA) is 91.3 Å². The molecule has 7 heteroatoms. The molecule has 1 aliphatic heterocycles. The van der Waals surface area contributed by atoms with E-state index in [9.17, 15) is 9.90 Å². The summed E-state index contributed by atoms with van der Waals surface area (Å²) in [7, 11) is 0. The van der Waals surface area contributed by atoms with Gasteiger partial charge in [0.05, 0.1) is 18.8 Å². The molecule has 22 heavy (non-hydrogen) atoms. The molecule has 0 radical (unpaired) electrons. The number of amides is 1. The normalized spacial score (nSPS) is 28.0. The van der Waals surface area contributed by atoms with Gasteiger partial charge in [0.1, 0.15) is 11.0 Å². The van der Waals surface area contributed by atoms with E-state index in [-0.39, 0.29) is 30.6 Å². The Morgan fingerprint density at radius 1 is 1.36 bits per heavy atom. The van der Waals surface area contributed by atoms with Gasteiger partial charge >= 0.3 is 0 Å². The van der Waals surface area contributed by atoms with E-state index >= 15 is 0 Å².